The summed E-state index contributed by atoms with van der Waals surface area (Å²) in [6.45, 7) is 17.6. The van der Waals surface area contributed by atoms with E-state index >= 15 is 0 Å². The van der Waals surface area contributed by atoms with E-state index in [-0.39, 0.29) is 10.8 Å². The van der Waals surface area contributed by atoms with Gasteiger partial charge in [-0.1, -0.05) is 118 Å². The van der Waals surface area contributed by atoms with E-state index in [9.17, 15) is 0 Å². The minimum atomic E-state index is 0.240. The highest BCUT2D eigenvalue weighted by molar-refractivity contribution is 5.82. The van der Waals surface area contributed by atoms with Crippen molar-refractivity contribution in [1.29, 1.82) is 0 Å². The fourth-order valence-electron chi connectivity index (χ4n) is 5.97. The number of nitrogens with zero attached hydrogens (tertiary/aromatic N) is 1. The highest BCUT2D eigenvalue weighted by atomic mass is 14.7. The summed E-state index contributed by atoms with van der Waals surface area (Å²) in [5, 5.41) is 0. The van der Waals surface area contributed by atoms with Crippen LogP contribution in [0.5, 0.6) is 0 Å². The molecule has 0 aromatic heterocycles. The molecule has 1 nitrogen and oxygen atoms in total. The molecule has 1 heteroatoms. The highest BCUT2D eigenvalue weighted by Crippen LogP contribution is 2.49. The summed E-state index contributed by atoms with van der Waals surface area (Å²) in [4.78, 5) is 4.82. The Bertz CT molecular complexity index is 810. The summed E-state index contributed by atoms with van der Waals surface area (Å²) >= 11 is 0. The Balaban J connectivity index is 1.59. The lowest BCUT2D eigenvalue weighted by atomic mass is 9.58. The average molecular weight is 494 g/mol. The molecule has 0 spiro atoms. The second-order valence-corrected chi connectivity index (χ2v) is 12.9. The Kier molecular flexibility index (Phi) is 13.5. The molecule has 0 fully saturated rings. The second-order valence-electron chi connectivity index (χ2n) is 12.9. The summed E-state index contributed by atoms with van der Waals surface area (Å²) < 4.78 is 0. The average Bonchev–Trinajstić information content (AvgIpc) is 2.82. The van der Waals surface area contributed by atoms with E-state index in [1.807, 2.05) is 0 Å². The fraction of sp³-hybridized carbons (Fsp3) is 0.743. The number of unbranched alkanes of at least 4 members (excludes halogenated alkanes) is 12. The number of hydrogen-bond acceptors (Lipinski definition) is 1. The Labute approximate surface area is 225 Å². The first-order valence-corrected chi connectivity index (χ1v) is 15.5. The molecular weight excluding hydrogens is 434 g/mol. The first-order chi connectivity index (χ1) is 17.2. The number of allylic oxidation sites excluding steroid dienone is 2. The summed E-state index contributed by atoms with van der Waals surface area (Å²) in [7, 11) is 0. The van der Waals surface area contributed by atoms with Crippen molar-refractivity contribution >= 4 is 6.21 Å². The van der Waals surface area contributed by atoms with Crippen LogP contribution in [0.1, 0.15) is 160 Å². The topological polar surface area (TPSA) is 12.4 Å². The molecule has 36 heavy (non-hydrogen) atoms. The van der Waals surface area contributed by atoms with Crippen molar-refractivity contribution in [3.05, 3.63) is 46.5 Å². The molecule has 0 aliphatic heterocycles. The van der Waals surface area contributed by atoms with Crippen molar-refractivity contribution in [1.82, 2.24) is 0 Å². The third kappa shape index (κ3) is 9.83. The Morgan fingerprint density at radius 3 is 1.94 bits per heavy atom. The van der Waals surface area contributed by atoms with Crippen molar-refractivity contribution in [3.8, 4) is 0 Å². The van der Waals surface area contributed by atoms with Crippen LogP contribution >= 0.6 is 0 Å². The third-order valence-electron chi connectivity index (χ3n) is 8.91. The Hall–Kier alpha value is -1.37. The normalized spacial score (nSPS) is 18.8. The summed E-state index contributed by atoms with van der Waals surface area (Å²) in [5.74, 6) is 0.699. The maximum atomic E-state index is 4.82. The number of benzene rings is 1. The van der Waals surface area contributed by atoms with Gasteiger partial charge in [0.2, 0.25) is 0 Å². The van der Waals surface area contributed by atoms with Crippen molar-refractivity contribution < 1.29 is 0 Å². The number of hydrogen-bond donors (Lipinski definition) is 0. The van der Waals surface area contributed by atoms with E-state index < -0.39 is 0 Å². The molecule has 0 heterocycles. The summed E-state index contributed by atoms with van der Waals surface area (Å²) in [6.07, 6.45) is 27.2. The molecule has 0 amide bonds. The van der Waals surface area contributed by atoms with Gasteiger partial charge in [-0.2, -0.15) is 0 Å². The molecule has 0 N–H and O–H groups in total. The van der Waals surface area contributed by atoms with Gasteiger partial charge < -0.3 is 0 Å². The highest BCUT2D eigenvalue weighted by Gasteiger charge is 2.42. The van der Waals surface area contributed by atoms with Crippen molar-refractivity contribution in [3.63, 3.8) is 0 Å². The lowest BCUT2D eigenvalue weighted by Gasteiger charge is -2.47. The number of fused-ring (bicyclic) bond motifs is 1. The van der Waals surface area contributed by atoms with Gasteiger partial charge in [-0.3, -0.25) is 4.99 Å². The van der Waals surface area contributed by atoms with Gasteiger partial charge in [-0.15, -0.1) is 0 Å². The van der Waals surface area contributed by atoms with Crippen molar-refractivity contribution in [2.24, 2.45) is 10.9 Å². The molecular formula is C35H59N. The van der Waals surface area contributed by atoms with Crippen LogP contribution in [-0.4, -0.2) is 12.8 Å². The lowest BCUT2D eigenvalue weighted by molar-refractivity contribution is 0.233. The van der Waals surface area contributed by atoms with Crippen LogP contribution in [0, 0.1) is 12.8 Å². The maximum absolute atomic E-state index is 4.82. The van der Waals surface area contributed by atoms with Crippen LogP contribution in [0.3, 0.4) is 0 Å². The SMILES string of the molecule is CCCCCCCC/C=C/CCCCCCCCN=Cc1cc2c(cc1C)C(C)(C)C(C)CC2(C)C. The van der Waals surface area contributed by atoms with Gasteiger partial charge in [-0.25, -0.2) is 0 Å². The van der Waals surface area contributed by atoms with Crippen LogP contribution in [0.4, 0.5) is 0 Å². The molecule has 1 aliphatic rings. The molecule has 2 rings (SSSR count). The third-order valence-corrected chi connectivity index (χ3v) is 8.91. The van der Waals surface area contributed by atoms with Crippen LogP contribution in [-0.2, 0) is 10.8 Å². The molecule has 1 aromatic rings. The standard InChI is InChI=1S/C35H59N/c1-8-9-10-11-12-13-14-15-16-17-18-19-20-21-22-23-24-36-28-31-26-32-33(25-29(31)2)35(6,7)30(3)27-34(32,4)5/h15-16,25-26,28,30H,8-14,17-24,27H2,1-7H3/b16-15+,36-28?. The minimum Gasteiger partial charge on any atom is -0.293 e. The summed E-state index contributed by atoms with van der Waals surface area (Å²) in [5.41, 5.74) is 6.26. The largest absolute Gasteiger partial charge is 0.293 e. The molecule has 1 aromatic carbocycles. The zero-order valence-electron chi connectivity index (χ0n) is 25.2. The van der Waals surface area contributed by atoms with Gasteiger partial charge in [0.1, 0.15) is 0 Å². The van der Waals surface area contributed by atoms with Gasteiger partial charge in [0.05, 0.1) is 0 Å². The lowest BCUT2D eigenvalue weighted by Crippen LogP contribution is -2.40. The minimum absolute atomic E-state index is 0.240. The van der Waals surface area contributed by atoms with Crippen LogP contribution < -0.4 is 0 Å². The van der Waals surface area contributed by atoms with Crippen molar-refractivity contribution in [2.45, 2.75) is 156 Å². The molecule has 204 valence electrons. The van der Waals surface area contributed by atoms with Crippen LogP contribution in [0.2, 0.25) is 0 Å². The monoisotopic (exact) mass is 493 g/mol. The molecule has 1 aliphatic carbocycles. The Morgan fingerprint density at radius 1 is 0.778 bits per heavy atom. The smallest absolute Gasteiger partial charge is 0.0389 e. The zero-order chi connectivity index (χ0) is 26.4. The zero-order valence-corrected chi connectivity index (χ0v) is 25.2. The first-order valence-electron chi connectivity index (χ1n) is 15.5. The number of aliphatic imine (C=N–C) groups is 1. The van der Waals surface area contributed by atoms with E-state index in [0.29, 0.717) is 5.92 Å². The molecule has 0 radical (unpaired) electrons. The van der Waals surface area contributed by atoms with E-state index in [2.05, 4.69) is 79.0 Å². The molecule has 0 saturated heterocycles. The number of rotatable bonds is 17. The van der Waals surface area contributed by atoms with Gasteiger partial charge in [0.15, 0.2) is 0 Å². The van der Waals surface area contributed by atoms with Gasteiger partial charge in [-0.05, 0) is 90.5 Å². The fourth-order valence-corrected chi connectivity index (χ4v) is 5.97. The van der Waals surface area contributed by atoms with E-state index in [1.54, 1.807) is 5.56 Å². The quantitative estimate of drug-likeness (QED) is 0.116. The van der Waals surface area contributed by atoms with Gasteiger partial charge >= 0.3 is 0 Å². The molecule has 0 bridgehead atoms. The molecule has 1 atom stereocenters. The predicted octanol–water partition coefficient (Wildman–Crippen LogP) is 11.0. The van der Waals surface area contributed by atoms with Gasteiger partial charge in [0.25, 0.3) is 0 Å². The van der Waals surface area contributed by atoms with Crippen LogP contribution in [0.15, 0.2) is 29.3 Å². The molecule has 0 saturated carbocycles. The predicted molar refractivity (Wildman–Crippen MR) is 163 cm³/mol. The van der Waals surface area contributed by atoms with Crippen LogP contribution in [0.25, 0.3) is 0 Å². The van der Waals surface area contributed by atoms with Gasteiger partial charge in [0, 0.05) is 12.8 Å². The second kappa shape index (κ2) is 15.8. The van der Waals surface area contributed by atoms with E-state index in [4.69, 9.17) is 4.99 Å². The molecule has 1 unspecified atom stereocenters. The number of aryl methyl sites for hydroxylation is 1. The first kappa shape index (κ1) is 30.9. The summed E-state index contributed by atoms with van der Waals surface area (Å²) in [6, 6.07) is 4.90. The maximum Gasteiger partial charge on any atom is 0.0389 e. The Morgan fingerprint density at radius 2 is 1.33 bits per heavy atom. The van der Waals surface area contributed by atoms with E-state index in [0.717, 1.165) is 6.54 Å². The van der Waals surface area contributed by atoms with Crippen molar-refractivity contribution in [2.75, 3.05) is 6.54 Å². The van der Waals surface area contributed by atoms with E-state index in [1.165, 1.54) is 113 Å².